The predicted octanol–water partition coefficient (Wildman–Crippen LogP) is 3.31. The molecule has 0 aromatic carbocycles. The summed E-state index contributed by atoms with van der Waals surface area (Å²) >= 11 is 0. The average Bonchev–Trinajstić information content (AvgIpc) is 3.03. The maximum absolute atomic E-state index is 12.7. The fourth-order valence-electron chi connectivity index (χ4n) is 3.78. The van der Waals surface area contributed by atoms with E-state index in [1.807, 2.05) is 17.7 Å². The predicted molar refractivity (Wildman–Crippen MR) is 104 cm³/mol. The number of piperidine rings is 1. The number of hydrogen-bond acceptors (Lipinski definition) is 4. The first kappa shape index (κ1) is 18.8. The second kappa shape index (κ2) is 8.16. The zero-order valence-corrected chi connectivity index (χ0v) is 16.5. The van der Waals surface area contributed by atoms with Crippen molar-refractivity contribution in [2.24, 2.45) is 0 Å². The normalized spacial score (nSPS) is 18.6. The lowest BCUT2D eigenvalue weighted by Gasteiger charge is -2.33. The summed E-state index contributed by atoms with van der Waals surface area (Å²) in [6.45, 7) is 11.3. The molecular weight excluding hydrogens is 326 g/mol. The van der Waals surface area contributed by atoms with Gasteiger partial charge in [0.1, 0.15) is 0 Å². The molecule has 0 bridgehead atoms. The molecule has 0 saturated carbocycles. The summed E-state index contributed by atoms with van der Waals surface area (Å²) in [6, 6.07) is 2.74. The van der Waals surface area contributed by atoms with E-state index in [-0.39, 0.29) is 11.9 Å². The van der Waals surface area contributed by atoms with E-state index in [0.717, 1.165) is 29.7 Å². The molecule has 6 heteroatoms. The van der Waals surface area contributed by atoms with Crippen molar-refractivity contribution < 1.29 is 4.79 Å². The lowest BCUT2D eigenvalue weighted by atomic mass is 10.0. The summed E-state index contributed by atoms with van der Waals surface area (Å²) in [7, 11) is 0. The van der Waals surface area contributed by atoms with Gasteiger partial charge in [-0.05, 0) is 59.6 Å². The van der Waals surface area contributed by atoms with Crippen LogP contribution in [0.15, 0.2) is 12.3 Å². The van der Waals surface area contributed by atoms with Crippen molar-refractivity contribution in [1.82, 2.24) is 25.0 Å². The first-order valence-electron chi connectivity index (χ1n) is 9.84. The second-order valence-corrected chi connectivity index (χ2v) is 7.72. The number of fused-ring (bicyclic) bond motifs is 1. The molecule has 0 spiro atoms. The van der Waals surface area contributed by atoms with E-state index in [0.29, 0.717) is 18.2 Å². The molecule has 26 heavy (non-hydrogen) atoms. The van der Waals surface area contributed by atoms with Gasteiger partial charge in [-0.3, -0.25) is 4.79 Å². The van der Waals surface area contributed by atoms with Crippen molar-refractivity contribution in [3.8, 4) is 0 Å². The van der Waals surface area contributed by atoms with Gasteiger partial charge in [-0.25, -0.2) is 9.67 Å². The monoisotopic (exact) mass is 357 g/mol. The van der Waals surface area contributed by atoms with Crippen LogP contribution in [-0.4, -0.2) is 51.2 Å². The van der Waals surface area contributed by atoms with Crippen LogP contribution in [0.25, 0.3) is 11.0 Å². The van der Waals surface area contributed by atoms with Crippen LogP contribution in [0, 0.1) is 6.92 Å². The van der Waals surface area contributed by atoms with E-state index in [1.54, 1.807) is 6.20 Å². The topological polar surface area (TPSA) is 63.1 Å². The van der Waals surface area contributed by atoms with Gasteiger partial charge in [-0.2, -0.15) is 5.10 Å². The number of carbonyl (C=O) groups excluding carboxylic acids is 1. The van der Waals surface area contributed by atoms with Crippen LogP contribution in [0.5, 0.6) is 0 Å². The number of pyridine rings is 1. The quantitative estimate of drug-likeness (QED) is 0.806. The third-order valence-electron chi connectivity index (χ3n) is 5.28. The molecule has 2 aromatic heterocycles. The Bertz CT molecular complexity index is 767. The number of carbonyl (C=O) groups is 1. The molecular formula is C20H31N5O. The Morgan fingerprint density at radius 1 is 1.38 bits per heavy atom. The Hall–Kier alpha value is -1.95. The lowest BCUT2D eigenvalue weighted by molar-refractivity contribution is 0.0950. The fourth-order valence-corrected chi connectivity index (χ4v) is 3.78. The maximum Gasteiger partial charge on any atom is 0.252 e. The number of hydrogen-bond donors (Lipinski definition) is 1. The molecule has 1 N–H and O–H groups in total. The summed E-state index contributed by atoms with van der Waals surface area (Å²) in [4.78, 5) is 19.8. The summed E-state index contributed by atoms with van der Waals surface area (Å²) in [5, 5.41) is 8.32. The fraction of sp³-hybridized carbons (Fsp3) is 0.650. The number of aryl methyl sites for hydroxylation is 1. The van der Waals surface area contributed by atoms with Crippen molar-refractivity contribution in [2.45, 2.75) is 65.5 Å². The van der Waals surface area contributed by atoms with Crippen LogP contribution < -0.4 is 5.32 Å². The zero-order valence-electron chi connectivity index (χ0n) is 16.5. The Morgan fingerprint density at radius 3 is 2.92 bits per heavy atom. The van der Waals surface area contributed by atoms with Gasteiger partial charge < -0.3 is 10.2 Å². The maximum atomic E-state index is 12.7. The minimum Gasteiger partial charge on any atom is -0.352 e. The Labute approximate surface area is 156 Å². The van der Waals surface area contributed by atoms with Gasteiger partial charge >= 0.3 is 0 Å². The van der Waals surface area contributed by atoms with Crippen molar-refractivity contribution in [2.75, 3.05) is 19.6 Å². The molecule has 0 radical (unpaired) electrons. The molecule has 3 heterocycles. The van der Waals surface area contributed by atoms with Gasteiger partial charge in [0.25, 0.3) is 5.91 Å². The van der Waals surface area contributed by atoms with Gasteiger partial charge in [-0.15, -0.1) is 0 Å². The molecule has 1 fully saturated rings. The lowest BCUT2D eigenvalue weighted by Crippen LogP contribution is -2.39. The minimum atomic E-state index is -0.0319. The minimum absolute atomic E-state index is 0.0319. The van der Waals surface area contributed by atoms with Gasteiger partial charge in [0.2, 0.25) is 0 Å². The highest BCUT2D eigenvalue weighted by Crippen LogP contribution is 2.21. The van der Waals surface area contributed by atoms with Crippen molar-refractivity contribution in [3.63, 3.8) is 0 Å². The van der Waals surface area contributed by atoms with Crippen molar-refractivity contribution in [1.29, 1.82) is 0 Å². The van der Waals surface area contributed by atoms with Crippen LogP contribution in [0.2, 0.25) is 0 Å². The van der Waals surface area contributed by atoms with Gasteiger partial charge in [0.15, 0.2) is 5.65 Å². The molecule has 6 nitrogen and oxygen atoms in total. The molecule has 1 amide bonds. The van der Waals surface area contributed by atoms with Crippen LogP contribution in [0.4, 0.5) is 0 Å². The van der Waals surface area contributed by atoms with Crippen LogP contribution in [0.3, 0.4) is 0 Å². The Kier molecular flexibility index (Phi) is 5.91. The van der Waals surface area contributed by atoms with E-state index < -0.39 is 0 Å². The average molecular weight is 358 g/mol. The molecule has 0 aliphatic carbocycles. The summed E-state index contributed by atoms with van der Waals surface area (Å²) in [5.41, 5.74) is 2.30. The summed E-state index contributed by atoms with van der Waals surface area (Å²) < 4.78 is 1.87. The summed E-state index contributed by atoms with van der Waals surface area (Å²) in [6.07, 6.45) is 6.67. The van der Waals surface area contributed by atoms with E-state index >= 15 is 0 Å². The van der Waals surface area contributed by atoms with Gasteiger partial charge in [0.05, 0.1) is 17.1 Å². The highest BCUT2D eigenvalue weighted by Gasteiger charge is 2.18. The van der Waals surface area contributed by atoms with E-state index in [1.165, 1.54) is 25.8 Å². The number of aromatic nitrogens is 3. The third-order valence-corrected chi connectivity index (χ3v) is 5.28. The number of nitrogens with one attached hydrogen (secondary N) is 1. The van der Waals surface area contributed by atoms with Gasteiger partial charge in [0, 0.05) is 30.9 Å². The zero-order chi connectivity index (χ0) is 18.7. The standard InChI is InChI=1S/C20H31N5O/c1-14(2)25-19-18(13-22-25)17(12-15(3)23-19)20(26)21-9-7-11-24-10-6-5-8-16(24)4/h12-14,16H,5-11H2,1-4H3,(H,21,26). The van der Waals surface area contributed by atoms with Gasteiger partial charge in [-0.1, -0.05) is 6.42 Å². The molecule has 3 rings (SSSR count). The molecule has 1 aliphatic rings. The smallest absolute Gasteiger partial charge is 0.252 e. The van der Waals surface area contributed by atoms with Crippen molar-refractivity contribution >= 4 is 16.9 Å². The molecule has 142 valence electrons. The number of rotatable bonds is 6. The largest absolute Gasteiger partial charge is 0.352 e. The Morgan fingerprint density at radius 2 is 2.19 bits per heavy atom. The van der Waals surface area contributed by atoms with Crippen LogP contribution >= 0.6 is 0 Å². The van der Waals surface area contributed by atoms with Crippen LogP contribution in [-0.2, 0) is 0 Å². The molecule has 1 aliphatic heterocycles. The number of amides is 1. The molecule has 1 atom stereocenters. The molecule has 1 saturated heterocycles. The van der Waals surface area contributed by atoms with E-state index in [9.17, 15) is 4.79 Å². The van der Waals surface area contributed by atoms with E-state index in [4.69, 9.17) is 0 Å². The first-order chi connectivity index (χ1) is 12.5. The highest BCUT2D eigenvalue weighted by molar-refractivity contribution is 6.05. The van der Waals surface area contributed by atoms with Crippen molar-refractivity contribution in [3.05, 3.63) is 23.5 Å². The molecule has 1 unspecified atom stereocenters. The second-order valence-electron chi connectivity index (χ2n) is 7.72. The Balaban J connectivity index is 1.63. The van der Waals surface area contributed by atoms with E-state index in [2.05, 4.69) is 41.1 Å². The number of likely N-dealkylation sites (tertiary alicyclic amines) is 1. The first-order valence-corrected chi connectivity index (χ1v) is 9.84. The summed E-state index contributed by atoms with van der Waals surface area (Å²) in [5.74, 6) is -0.0319. The van der Waals surface area contributed by atoms with Crippen LogP contribution in [0.1, 0.15) is 68.5 Å². The highest BCUT2D eigenvalue weighted by atomic mass is 16.1. The SMILES string of the molecule is Cc1cc(C(=O)NCCCN2CCCCC2C)c2cnn(C(C)C)c2n1. The number of nitrogens with zero attached hydrogens (tertiary/aromatic N) is 4. The third kappa shape index (κ3) is 4.06. The molecule has 2 aromatic rings.